The van der Waals surface area contributed by atoms with Gasteiger partial charge in [0.2, 0.25) is 0 Å². The van der Waals surface area contributed by atoms with E-state index < -0.39 is 17.7 Å². The van der Waals surface area contributed by atoms with Crippen LogP contribution < -0.4 is 4.74 Å². The Morgan fingerprint density at radius 3 is 2.50 bits per heavy atom. The first-order chi connectivity index (χ1) is 13.4. The summed E-state index contributed by atoms with van der Waals surface area (Å²) in [5.74, 6) is -0.640. The fourth-order valence-corrected chi connectivity index (χ4v) is 4.15. The number of nitrogens with zero attached hydrogens (tertiary/aromatic N) is 1. The number of carbonyl (C=O) groups is 2. The highest BCUT2D eigenvalue weighted by molar-refractivity contribution is 7.10. The van der Waals surface area contributed by atoms with Crippen molar-refractivity contribution >= 4 is 28.8 Å². The van der Waals surface area contributed by atoms with Crippen LogP contribution in [0.1, 0.15) is 50.1 Å². The van der Waals surface area contributed by atoms with Gasteiger partial charge in [-0.25, -0.2) is 0 Å². The maximum absolute atomic E-state index is 12.8. The summed E-state index contributed by atoms with van der Waals surface area (Å²) in [7, 11) is 0. The zero-order valence-electron chi connectivity index (χ0n) is 16.3. The fourth-order valence-electron chi connectivity index (χ4n) is 3.30. The molecule has 0 aliphatic carbocycles. The minimum Gasteiger partial charge on any atom is -0.507 e. The van der Waals surface area contributed by atoms with Crippen LogP contribution in [0.4, 0.5) is 0 Å². The van der Waals surface area contributed by atoms with Crippen molar-refractivity contribution in [2.45, 2.75) is 45.8 Å². The van der Waals surface area contributed by atoms with Crippen molar-refractivity contribution in [1.29, 1.82) is 0 Å². The number of ketones is 1. The molecule has 1 aliphatic heterocycles. The van der Waals surface area contributed by atoms with Gasteiger partial charge in [-0.15, -0.1) is 11.3 Å². The van der Waals surface area contributed by atoms with E-state index in [1.165, 1.54) is 11.3 Å². The molecular formula is C22H25NO4S. The number of hydrogen-bond acceptors (Lipinski definition) is 5. The maximum atomic E-state index is 12.8. The monoisotopic (exact) mass is 399 g/mol. The molecule has 1 amide bonds. The molecule has 1 atom stereocenters. The highest BCUT2D eigenvalue weighted by atomic mass is 32.1. The van der Waals surface area contributed by atoms with Gasteiger partial charge in [-0.3, -0.25) is 9.59 Å². The Labute approximate surface area is 169 Å². The fraction of sp³-hybridized carbons (Fsp3) is 0.364. The van der Waals surface area contributed by atoms with E-state index in [4.69, 9.17) is 4.74 Å². The lowest BCUT2D eigenvalue weighted by Crippen LogP contribution is -2.30. The Morgan fingerprint density at radius 1 is 1.21 bits per heavy atom. The maximum Gasteiger partial charge on any atom is 0.295 e. The minimum atomic E-state index is -0.630. The van der Waals surface area contributed by atoms with E-state index in [9.17, 15) is 14.7 Å². The van der Waals surface area contributed by atoms with Crippen LogP contribution in [0.3, 0.4) is 0 Å². The molecule has 1 unspecified atom stereocenters. The van der Waals surface area contributed by atoms with E-state index in [0.717, 1.165) is 17.7 Å². The van der Waals surface area contributed by atoms with Gasteiger partial charge in [-0.2, -0.15) is 0 Å². The lowest BCUT2D eigenvalue weighted by Gasteiger charge is -2.23. The number of likely N-dealkylation sites (tertiary alicyclic amines) is 1. The molecule has 5 nitrogen and oxygen atoms in total. The minimum absolute atomic E-state index is 0.0437. The number of benzene rings is 1. The Bertz CT molecular complexity index is 868. The topological polar surface area (TPSA) is 66.8 Å². The molecular weight excluding hydrogens is 374 g/mol. The van der Waals surface area contributed by atoms with Crippen LogP contribution in [0.15, 0.2) is 47.4 Å². The second kappa shape index (κ2) is 8.61. The Kier molecular flexibility index (Phi) is 6.19. The number of unbranched alkanes of at least 4 members (excludes halogenated alkanes) is 1. The average molecular weight is 400 g/mol. The van der Waals surface area contributed by atoms with Crippen LogP contribution in [-0.2, 0) is 9.59 Å². The first kappa shape index (κ1) is 20.1. The Morgan fingerprint density at radius 2 is 1.93 bits per heavy atom. The summed E-state index contributed by atoms with van der Waals surface area (Å²) in [6, 6.07) is 10.2. The quantitative estimate of drug-likeness (QED) is 0.414. The third kappa shape index (κ3) is 3.97. The van der Waals surface area contributed by atoms with E-state index in [1.54, 1.807) is 29.2 Å². The summed E-state index contributed by atoms with van der Waals surface area (Å²) in [6.07, 6.45) is 1.76. The van der Waals surface area contributed by atoms with Gasteiger partial charge in [0, 0.05) is 17.0 Å². The number of rotatable bonds is 7. The van der Waals surface area contributed by atoms with E-state index in [-0.39, 0.29) is 17.4 Å². The summed E-state index contributed by atoms with van der Waals surface area (Å²) in [4.78, 5) is 27.9. The molecule has 1 saturated heterocycles. The third-order valence-electron chi connectivity index (χ3n) is 4.60. The summed E-state index contributed by atoms with van der Waals surface area (Å²) in [5, 5.41) is 12.8. The Hall–Kier alpha value is -2.60. The second-order valence-electron chi connectivity index (χ2n) is 7.05. The normalized spacial score (nSPS) is 18.9. The number of hydrogen-bond donors (Lipinski definition) is 1. The number of carbonyl (C=O) groups excluding carboxylic acids is 2. The number of aliphatic hydroxyl groups excluding tert-OH is 1. The van der Waals surface area contributed by atoms with Crippen molar-refractivity contribution in [3.8, 4) is 5.75 Å². The van der Waals surface area contributed by atoms with Crippen LogP contribution in [0.5, 0.6) is 5.75 Å². The van der Waals surface area contributed by atoms with Crippen LogP contribution >= 0.6 is 11.3 Å². The van der Waals surface area contributed by atoms with Gasteiger partial charge in [0.05, 0.1) is 17.7 Å². The van der Waals surface area contributed by atoms with E-state index in [0.29, 0.717) is 17.9 Å². The lowest BCUT2D eigenvalue weighted by molar-refractivity contribution is -0.139. The highest BCUT2D eigenvalue weighted by Crippen LogP contribution is 2.41. The molecule has 0 bridgehead atoms. The van der Waals surface area contributed by atoms with Crippen molar-refractivity contribution in [3.63, 3.8) is 0 Å². The predicted octanol–water partition coefficient (Wildman–Crippen LogP) is 4.76. The molecule has 2 aromatic rings. The van der Waals surface area contributed by atoms with Gasteiger partial charge < -0.3 is 14.7 Å². The molecule has 2 heterocycles. The SMILES string of the molecule is CCCCN1C(=O)C(=O)/C(=C(\O)c2ccc(OC(C)C)cc2)C1c1cccs1. The molecule has 148 valence electrons. The lowest BCUT2D eigenvalue weighted by atomic mass is 9.99. The summed E-state index contributed by atoms with van der Waals surface area (Å²) >= 11 is 1.48. The van der Waals surface area contributed by atoms with Crippen molar-refractivity contribution in [2.24, 2.45) is 0 Å². The molecule has 1 aromatic carbocycles. The van der Waals surface area contributed by atoms with Crippen molar-refractivity contribution in [2.75, 3.05) is 6.54 Å². The number of aliphatic hydroxyl groups is 1. The largest absolute Gasteiger partial charge is 0.507 e. The number of amides is 1. The molecule has 1 fully saturated rings. The van der Waals surface area contributed by atoms with Crippen molar-refractivity contribution < 1.29 is 19.4 Å². The van der Waals surface area contributed by atoms with Crippen LogP contribution in [0, 0.1) is 0 Å². The molecule has 0 saturated carbocycles. The molecule has 0 spiro atoms. The van der Waals surface area contributed by atoms with E-state index in [1.807, 2.05) is 38.3 Å². The van der Waals surface area contributed by atoms with Gasteiger partial charge in [-0.05, 0) is 56.0 Å². The van der Waals surface area contributed by atoms with E-state index in [2.05, 4.69) is 0 Å². The standard InChI is InChI=1S/C22H25NO4S/c1-4-5-12-23-19(17-7-6-13-28-17)18(21(25)22(23)26)20(24)15-8-10-16(11-9-15)27-14(2)3/h6-11,13-14,19,24H,4-5,12H2,1-3H3/b20-18-. The van der Waals surface area contributed by atoms with Crippen LogP contribution in [0.2, 0.25) is 0 Å². The second-order valence-corrected chi connectivity index (χ2v) is 8.03. The first-order valence-electron chi connectivity index (χ1n) is 9.53. The molecule has 1 N–H and O–H groups in total. The van der Waals surface area contributed by atoms with Gasteiger partial charge in [0.25, 0.3) is 11.7 Å². The number of ether oxygens (including phenoxy) is 1. The molecule has 1 aromatic heterocycles. The Balaban J connectivity index is 2.03. The van der Waals surface area contributed by atoms with Crippen molar-refractivity contribution in [1.82, 2.24) is 4.90 Å². The smallest absolute Gasteiger partial charge is 0.295 e. The van der Waals surface area contributed by atoms with Gasteiger partial charge in [0.15, 0.2) is 0 Å². The van der Waals surface area contributed by atoms with Gasteiger partial charge in [-0.1, -0.05) is 19.4 Å². The molecule has 6 heteroatoms. The molecule has 3 rings (SSSR count). The zero-order valence-corrected chi connectivity index (χ0v) is 17.2. The molecule has 1 aliphatic rings. The summed E-state index contributed by atoms with van der Waals surface area (Å²) in [5.41, 5.74) is 0.646. The van der Waals surface area contributed by atoms with Crippen LogP contribution in [-0.4, -0.2) is 34.3 Å². The summed E-state index contributed by atoms with van der Waals surface area (Å²) in [6.45, 7) is 6.40. The third-order valence-corrected chi connectivity index (χ3v) is 5.53. The van der Waals surface area contributed by atoms with E-state index >= 15 is 0 Å². The number of thiophene rings is 1. The highest BCUT2D eigenvalue weighted by Gasteiger charge is 2.46. The van der Waals surface area contributed by atoms with Gasteiger partial charge in [0.1, 0.15) is 11.5 Å². The van der Waals surface area contributed by atoms with Crippen LogP contribution in [0.25, 0.3) is 5.76 Å². The molecule has 0 radical (unpaired) electrons. The predicted molar refractivity (Wildman–Crippen MR) is 110 cm³/mol. The first-order valence-corrected chi connectivity index (χ1v) is 10.4. The zero-order chi connectivity index (χ0) is 20.3. The van der Waals surface area contributed by atoms with Gasteiger partial charge >= 0.3 is 0 Å². The average Bonchev–Trinajstić information content (AvgIpc) is 3.27. The summed E-state index contributed by atoms with van der Waals surface area (Å²) < 4.78 is 5.63. The van der Waals surface area contributed by atoms with Crippen molar-refractivity contribution in [3.05, 3.63) is 57.8 Å². The number of Topliss-reactive ketones (excluding diaryl/α,β-unsaturated/α-hetero) is 1. The molecule has 28 heavy (non-hydrogen) atoms.